The molecule has 2 heterocycles. The van der Waals surface area contributed by atoms with E-state index in [0.29, 0.717) is 56.2 Å². The van der Waals surface area contributed by atoms with Crippen molar-refractivity contribution in [3.8, 4) is 5.75 Å². The SMILES string of the molecule is COc1ccc([C@@H](O)[C@H](NC(=O)[C@H](C)NC(=O)CN2CCOCC2)C(=O)N[C@@H](CC2=CCCC2)C(=O)[C@@]2(C)CO2)cc1.O=C(O)/C=C\C(=O)O. The van der Waals surface area contributed by atoms with Crippen molar-refractivity contribution in [3.05, 3.63) is 53.6 Å². The van der Waals surface area contributed by atoms with Crippen molar-refractivity contribution in [3.63, 3.8) is 0 Å². The molecule has 2 saturated heterocycles. The highest BCUT2D eigenvalue weighted by Gasteiger charge is 2.50. The van der Waals surface area contributed by atoms with Gasteiger partial charge < -0.3 is 45.5 Å². The van der Waals surface area contributed by atoms with E-state index in [0.717, 1.165) is 24.8 Å². The van der Waals surface area contributed by atoms with Gasteiger partial charge in [-0.1, -0.05) is 23.8 Å². The first-order chi connectivity index (χ1) is 23.7. The number of nitrogens with one attached hydrogen (secondary N) is 3. The van der Waals surface area contributed by atoms with Crippen molar-refractivity contribution in [1.29, 1.82) is 0 Å². The molecular weight excluding hydrogens is 656 g/mol. The predicted octanol–water partition coefficient (Wildman–Crippen LogP) is 0.105. The number of amides is 3. The molecular formula is C34H46N4O12. The van der Waals surface area contributed by atoms with Gasteiger partial charge in [0.05, 0.1) is 39.5 Å². The van der Waals surface area contributed by atoms with Crippen molar-refractivity contribution in [2.75, 3.05) is 46.6 Å². The quantitative estimate of drug-likeness (QED) is 0.0764. The highest BCUT2D eigenvalue weighted by Crippen LogP contribution is 2.31. The van der Waals surface area contributed by atoms with Crippen LogP contribution in [-0.4, -0.2) is 126 Å². The van der Waals surface area contributed by atoms with Crippen LogP contribution in [0.25, 0.3) is 0 Å². The maximum Gasteiger partial charge on any atom is 0.328 e. The van der Waals surface area contributed by atoms with Crippen LogP contribution in [0, 0.1) is 0 Å². The summed E-state index contributed by atoms with van der Waals surface area (Å²) in [5.74, 6) is -3.93. The molecule has 2 fully saturated rings. The summed E-state index contributed by atoms with van der Waals surface area (Å²) in [6.45, 7) is 5.88. The second-order valence-electron chi connectivity index (χ2n) is 12.3. The number of nitrogens with zero attached hydrogens (tertiary/aromatic N) is 1. The molecule has 0 radical (unpaired) electrons. The number of carboxylic acids is 2. The molecule has 6 N–H and O–H groups in total. The summed E-state index contributed by atoms with van der Waals surface area (Å²) in [6.07, 6.45) is 4.82. The Hall–Kier alpha value is -4.64. The van der Waals surface area contributed by atoms with Gasteiger partial charge in [-0.3, -0.25) is 24.1 Å². The Bertz CT molecular complexity index is 1420. The van der Waals surface area contributed by atoms with E-state index in [1.165, 1.54) is 14.0 Å². The molecule has 16 heteroatoms. The van der Waals surface area contributed by atoms with E-state index in [1.807, 2.05) is 4.90 Å². The number of carboxylic acid groups (broad SMARTS) is 2. The van der Waals surface area contributed by atoms with E-state index in [9.17, 15) is 33.9 Å². The first-order valence-corrected chi connectivity index (χ1v) is 16.2. The number of ketones is 1. The van der Waals surface area contributed by atoms with Crippen LogP contribution in [0.2, 0.25) is 0 Å². The van der Waals surface area contributed by atoms with Crippen molar-refractivity contribution >= 4 is 35.4 Å². The molecule has 50 heavy (non-hydrogen) atoms. The van der Waals surface area contributed by atoms with E-state index in [-0.39, 0.29) is 24.8 Å². The molecule has 4 rings (SSSR count). The lowest BCUT2D eigenvalue weighted by Gasteiger charge is -2.29. The molecule has 2 aliphatic heterocycles. The maximum atomic E-state index is 13.7. The fourth-order valence-corrected chi connectivity index (χ4v) is 5.29. The summed E-state index contributed by atoms with van der Waals surface area (Å²) in [5.41, 5.74) is 0.467. The number of hydrogen-bond acceptors (Lipinski definition) is 11. The third-order valence-corrected chi connectivity index (χ3v) is 8.30. The van der Waals surface area contributed by atoms with E-state index in [2.05, 4.69) is 22.0 Å². The molecule has 1 aliphatic carbocycles. The fraction of sp³-hybridized carbons (Fsp3) is 0.529. The van der Waals surface area contributed by atoms with E-state index < -0.39 is 53.6 Å². The Kier molecular flexibility index (Phi) is 15.1. The molecule has 5 atom stereocenters. The number of benzene rings is 1. The molecule has 0 bridgehead atoms. The van der Waals surface area contributed by atoms with Crippen LogP contribution in [-0.2, 0) is 38.2 Å². The van der Waals surface area contributed by atoms with E-state index in [4.69, 9.17) is 24.4 Å². The average Bonchev–Trinajstić information content (AvgIpc) is 3.63. The minimum Gasteiger partial charge on any atom is -0.497 e. The molecule has 0 saturated carbocycles. The van der Waals surface area contributed by atoms with Crippen LogP contribution >= 0.6 is 0 Å². The first-order valence-electron chi connectivity index (χ1n) is 16.2. The Morgan fingerprint density at radius 3 is 2.12 bits per heavy atom. The number of ether oxygens (including phenoxy) is 3. The van der Waals surface area contributed by atoms with Gasteiger partial charge in [0.2, 0.25) is 17.7 Å². The van der Waals surface area contributed by atoms with Crippen LogP contribution in [0.3, 0.4) is 0 Å². The number of carbonyl (C=O) groups is 6. The summed E-state index contributed by atoms with van der Waals surface area (Å²) in [7, 11) is 1.51. The van der Waals surface area contributed by atoms with Gasteiger partial charge in [-0.25, -0.2) is 9.59 Å². The van der Waals surface area contributed by atoms with Crippen LogP contribution in [0.1, 0.15) is 51.2 Å². The molecule has 1 aromatic carbocycles. The molecule has 0 unspecified atom stereocenters. The number of aliphatic hydroxyl groups excluding tert-OH is 1. The molecule has 3 aliphatic rings. The average molecular weight is 703 g/mol. The van der Waals surface area contributed by atoms with Gasteiger partial charge in [0.1, 0.15) is 29.5 Å². The lowest BCUT2D eigenvalue weighted by molar-refractivity contribution is -0.136. The van der Waals surface area contributed by atoms with Gasteiger partial charge in [0, 0.05) is 25.2 Å². The molecule has 3 amide bonds. The number of allylic oxidation sites excluding steroid dienone is 1. The van der Waals surface area contributed by atoms with Crippen molar-refractivity contribution < 1.29 is 58.3 Å². The number of aliphatic carboxylic acids is 2. The summed E-state index contributed by atoms with van der Waals surface area (Å²) in [4.78, 5) is 73.9. The number of methoxy groups -OCH3 is 1. The number of carbonyl (C=O) groups excluding carboxylic acids is 4. The minimum atomic E-state index is -1.45. The normalized spacial score (nSPS) is 20.9. The van der Waals surface area contributed by atoms with Gasteiger partial charge >= 0.3 is 11.9 Å². The number of morpholine rings is 1. The second-order valence-corrected chi connectivity index (χ2v) is 12.3. The summed E-state index contributed by atoms with van der Waals surface area (Å²) in [6, 6.07) is 3.12. The smallest absolute Gasteiger partial charge is 0.328 e. The Morgan fingerprint density at radius 2 is 1.60 bits per heavy atom. The lowest BCUT2D eigenvalue weighted by Crippen LogP contribution is -2.58. The predicted molar refractivity (Wildman–Crippen MR) is 177 cm³/mol. The van der Waals surface area contributed by atoms with Crippen LogP contribution in [0.4, 0.5) is 0 Å². The van der Waals surface area contributed by atoms with Gasteiger partial charge in [-0.05, 0) is 57.2 Å². The number of Topliss-reactive ketones (excluding diaryl/α,β-unsaturated/α-hetero) is 1. The van der Waals surface area contributed by atoms with Crippen molar-refractivity contribution in [2.24, 2.45) is 0 Å². The standard InChI is InChI=1S/C30H42N4O8.C4H4O4/c1-19(31-24(35)17-34-12-14-41-15-13-34)28(38)33-25(26(36)21-8-10-22(40-3)11-9-21)29(39)32-23(16-20-6-4-5-7-20)27(37)30(2)18-42-30;5-3(6)1-2-4(7)8/h6,8-11,19,23,25-26,36H,4-5,7,12-18H2,1-3H3,(H,31,35)(H,32,39)(H,33,38);1-2H,(H,5,6)(H,7,8)/b;2-1-/t19-,23-,25-,26+,30+;/m0./s1. The summed E-state index contributed by atoms with van der Waals surface area (Å²) < 4.78 is 15.9. The maximum absolute atomic E-state index is 13.7. The van der Waals surface area contributed by atoms with Gasteiger partial charge in [0.15, 0.2) is 5.78 Å². The fourth-order valence-electron chi connectivity index (χ4n) is 5.29. The molecule has 1 aromatic rings. The summed E-state index contributed by atoms with van der Waals surface area (Å²) in [5, 5.41) is 35.0. The number of hydrogen-bond donors (Lipinski definition) is 6. The highest BCUT2D eigenvalue weighted by molar-refractivity contribution is 5.99. The molecule has 16 nitrogen and oxygen atoms in total. The zero-order chi connectivity index (χ0) is 36.8. The Morgan fingerprint density at radius 1 is 0.980 bits per heavy atom. The summed E-state index contributed by atoms with van der Waals surface area (Å²) >= 11 is 0. The van der Waals surface area contributed by atoms with Crippen LogP contribution in [0.15, 0.2) is 48.1 Å². The van der Waals surface area contributed by atoms with Crippen LogP contribution in [0.5, 0.6) is 5.75 Å². The highest BCUT2D eigenvalue weighted by atomic mass is 16.6. The number of epoxide rings is 1. The number of aliphatic hydroxyl groups is 1. The van der Waals surface area contributed by atoms with Crippen molar-refractivity contribution in [2.45, 2.75) is 69.4 Å². The first kappa shape index (κ1) is 39.8. The molecule has 0 spiro atoms. The zero-order valence-corrected chi connectivity index (χ0v) is 28.4. The Balaban J connectivity index is 0.000000753. The van der Waals surface area contributed by atoms with Gasteiger partial charge in [-0.2, -0.15) is 0 Å². The minimum absolute atomic E-state index is 0.111. The van der Waals surface area contributed by atoms with E-state index in [1.54, 1.807) is 31.2 Å². The zero-order valence-electron chi connectivity index (χ0n) is 28.4. The molecule has 0 aromatic heterocycles. The van der Waals surface area contributed by atoms with Gasteiger partial charge in [-0.15, -0.1) is 0 Å². The monoisotopic (exact) mass is 702 g/mol. The third kappa shape index (κ3) is 12.7. The largest absolute Gasteiger partial charge is 0.497 e. The second kappa shape index (κ2) is 18.9. The van der Waals surface area contributed by atoms with Gasteiger partial charge in [0.25, 0.3) is 0 Å². The van der Waals surface area contributed by atoms with E-state index >= 15 is 0 Å². The van der Waals surface area contributed by atoms with Crippen LogP contribution < -0.4 is 20.7 Å². The third-order valence-electron chi connectivity index (χ3n) is 8.30. The number of rotatable bonds is 16. The Labute approximate surface area is 289 Å². The topological polar surface area (TPSA) is 233 Å². The molecule has 274 valence electrons. The lowest BCUT2D eigenvalue weighted by atomic mass is 9.93. The van der Waals surface area contributed by atoms with Crippen molar-refractivity contribution in [1.82, 2.24) is 20.9 Å².